The molecule has 1 rings (SSSR count). The summed E-state index contributed by atoms with van der Waals surface area (Å²) in [7, 11) is 0. The third-order valence-corrected chi connectivity index (χ3v) is 2.58. The van der Waals surface area contributed by atoms with E-state index in [-0.39, 0.29) is 11.9 Å². The number of carbonyl (C=O) groups excluding carboxylic acids is 1. The lowest BCUT2D eigenvalue weighted by atomic mass is 9.92. The minimum atomic E-state index is -1.27. The number of ketones is 1. The zero-order valence-corrected chi connectivity index (χ0v) is 7.78. The Bertz CT molecular complexity index is 168. The molecule has 0 spiro atoms. The largest absolute Gasteiger partial charge is 0.374 e. The van der Waals surface area contributed by atoms with E-state index in [0.29, 0.717) is 13.0 Å². The van der Waals surface area contributed by atoms with Gasteiger partial charge >= 0.3 is 0 Å². The van der Waals surface area contributed by atoms with E-state index in [2.05, 4.69) is 0 Å². The lowest BCUT2D eigenvalue weighted by Gasteiger charge is -2.37. The van der Waals surface area contributed by atoms with E-state index in [1.54, 1.807) is 0 Å². The molecule has 1 aliphatic rings. The summed E-state index contributed by atoms with van der Waals surface area (Å²) in [5.41, 5.74) is 0. The molecule has 4 heteroatoms. The average molecular weight is 197 g/mol. The van der Waals surface area contributed by atoms with Crippen LogP contribution in [0.1, 0.15) is 19.8 Å². The normalized spacial score (nSPS) is 28.3. The maximum atomic E-state index is 10.8. The van der Waals surface area contributed by atoms with Crippen molar-refractivity contribution in [3.05, 3.63) is 0 Å². The second-order valence-electron chi connectivity index (χ2n) is 2.61. The highest BCUT2D eigenvalue weighted by Crippen LogP contribution is 2.41. The van der Waals surface area contributed by atoms with Crippen molar-refractivity contribution in [2.24, 2.45) is 0 Å². The Balaban J connectivity index is 2.34. The van der Waals surface area contributed by atoms with Crippen molar-refractivity contribution >= 4 is 29.0 Å². The van der Waals surface area contributed by atoms with Crippen LogP contribution in [0, 0.1) is 0 Å². The zero-order chi connectivity index (χ0) is 8.48. The molecule has 0 N–H and O–H groups in total. The van der Waals surface area contributed by atoms with Gasteiger partial charge in [-0.15, -0.1) is 0 Å². The highest BCUT2D eigenvalue weighted by Gasteiger charge is 2.53. The molecule has 0 aromatic heterocycles. The Hall–Kier alpha value is 0.210. The first-order valence-corrected chi connectivity index (χ1v) is 4.37. The molecule has 1 unspecified atom stereocenters. The van der Waals surface area contributed by atoms with Crippen LogP contribution >= 0.6 is 23.2 Å². The molecule has 0 aliphatic heterocycles. The van der Waals surface area contributed by atoms with Crippen molar-refractivity contribution in [1.82, 2.24) is 0 Å². The summed E-state index contributed by atoms with van der Waals surface area (Å²) < 4.78 is 3.96. The lowest BCUT2D eigenvalue weighted by molar-refractivity contribution is -0.136. The van der Waals surface area contributed by atoms with Gasteiger partial charge in [0, 0.05) is 13.0 Å². The number of halogens is 2. The monoisotopic (exact) mass is 196 g/mol. The predicted molar refractivity (Wildman–Crippen MR) is 44.1 cm³/mol. The van der Waals surface area contributed by atoms with Crippen LogP contribution < -0.4 is 0 Å². The molecule has 1 atom stereocenters. The van der Waals surface area contributed by atoms with E-state index in [1.165, 1.54) is 0 Å². The number of rotatable bonds is 3. The van der Waals surface area contributed by atoms with Crippen molar-refractivity contribution in [2.45, 2.75) is 30.2 Å². The molecule has 11 heavy (non-hydrogen) atoms. The summed E-state index contributed by atoms with van der Waals surface area (Å²) in [6.07, 6.45) is 0.972. The van der Waals surface area contributed by atoms with Crippen LogP contribution in [0.3, 0.4) is 0 Å². The van der Waals surface area contributed by atoms with Gasteiger partial charge in [0.05, 0.1) is 0 Å². The van der Waals surface area contributed by atoms with Gasteiger partial charge in [-0.05, 0) is 6.42 Å². The second-order valence-corrected chi connectivity index (χ2v) is 4.00. The summed E-state index contributed by atoms with van der Waals surface area (Å²) in [6, 6.07) is 0. The molecule has 0 aromatic rings. The Kier molecular flexibility index (Phi) is 2.79. The summed E-state index contributed by atoms with van der Waals surface area (Å²) >= 11 is 11.3. The maximum Gasteiger partial charge on any atom is 0.202 e. The Morgan fingerprint density at radius 3 is 2.73 bits per heavy atom. The summed E-state index contributed by atoms with van der Waals surface area (Å²) in [5, 5.41) is 0. The van der Waals surface area contributed by atoms with Crippen molar-refractivity contribution < 1.29 is 9.53 Å². The van der Waals surface area contributed by atoms with E-state index >= 15 is 0 Å². The standard InChI is InChI=1S/C7H10Cl2O2/c1-2-3-11-6-4-5(10)7(6,8)9/h6H,2-4H2,1H3. The minimum absolute atomic E-state index is 0.137. The number of hydrogen-bond donors (Lipinski definition) is 0. The van der Waals surface area contributed by atoms with Gasteiger partial charge < -0.3 is 4.74 Å². The van der Waals surface area contributed by atoms with Crippen LogP contribution in [-0.4, -0.2) is 22.8 Å². The first-order valence-electron chi connectivity index (χ1n) is 3.61. The quantitative estimate of drug-likeness (QED) is 0.646. The second kappa shape index (κ2) is 3.30. The first kappa shape index (κ1) is 9.30. The van der Waals surface area contributed by atoms with Crippen molar-refractivity contribution in [2.75, 3.05) is 6.61 Å². The summed E-state index contributed by atoms with van der Waals surface area (Å²) in [4.78, 5) is 10.8. The highest BCUT2D eigenvalue weighted by atomic mass is 35.5. The number of hydrogen-bond acceptors (Lipinski definition) is 2. The highest BCUT2D eigenvalue weighted by molar-refractivity contribution is 6.61. The molecule has 64 valence electrons. The third kappa shape index (κ3) is 1.68. The maximum absolute atomic E-state index is 10.8. The van der Waals surface area contributed by atoms with E-state index < -0.39 is 4.33 Å². The Morgan fingerprint density at radius 1 is 1.73 bits per heavy atom. The van der Waals surface area contributed by atoms with Gasteiger partial charge in [0.15, 0.2) is 5.78 Å². The molecular weight excluding hydrogens is 187 g/mol. The number of alkyl halides is 2. The first-order chi connectivity index (χ1) is 5.09. The number of carbonyl (C=O) groups is 1. The topological polar surface area (TPSA) is 26.3 Å². The number of Topliss-reactive ketones (excluding diaryl/α,β-unsaturated/α-hetero) is 1. The van der Waals surface area contributed by atoms with Gasteiger partial charge in [0.25, 0.3) is 0 Å². The molecule has 0 aromatic carbocycles. The van der Waals surface area contributed by atoms with Gasteiger partial charge in [-0.25, -0.2) is 0 Å². The van der Waals surface area contributed by atoms with Crippen LogP contribution in [0.25, 0.3) is 0 Å². The Morgan fingerprint density at radius 2 is 2.36 bits per heavy atom. The van der Waals surface area contributed by atoms with E-state index in [1.807, 2.05) is 6.92 Å². The van der Waals surface area contributed by atoms with Gasteiger partial charge in [-0.1, -0.05) is 30.1 Å². The molecule has 0 heterocycles. The van der Waals surface area contributed by atoms with Crippen LogP contribution in [-0.2, 0) is 9.53 Å². The van der Waals surface area contributed by atoms with Crippen molar-refractivity contribution in [3.63, 3.8) is 0 Å². The average Bonchev–Trinajstić information content (AvgIpc) is 1.97. The van der Waals surface area contributed by atoms with Crippen molar-refractivity contribution in [3.8, 4) is 0 Å². The fourth-order valence-electron chi connectivity index (χ4n) is 0.905. The fourth-order valence-corrected chi connectivity index (χ4v) is 1.34. The fraction of sp³-hybridized carbons (Fsp3) is 0.857. The molecule has 1 aliphatic carbocycles. The molecule has 0 amide bonds. The van der Waals surface area contributed by atoms with Crippen LogP contribution in [0.2, 0.25) is 0 Å². The van der Waals surface area contributed by atoms with Crippen LogP contribution in [0.4, 0.5) is 0 Å². The van der Waals surface area contributed by atoms with Gasteiger partial charge in [-0.2, -0.15) is 0 Å². The molecule has 0 saturated heterocycles. The predicted octanol–water partition coefficient (Wildman–Crippen LogP) is 1.93. The molecule has 1 fully saturated rings. The van der Waals surface area contributed by atoms with E-state index in [0.717, 1.165) is 6.42 Å². The third-order valence-electron chi connectivity index (χ3n) is 1.67. The smallest absolute Gasteiger partial charge is 0.202 e. The van der Waals surface area contributed by atoms with Gasteiger partial charge in [0.2, 0.25) is 4.33 Å². The zero-order valence-electron chi connectivity index (χ0n) is 6.27. The minimum Gasteiger partial charge on any atom is -0.374 e. The summed E-state index contributed by atoms with van der Waals surface area (Å²) in [6.45, 7) is 2.60. The van der Waals surface area contributed by atoms with E-state index in [4.69, 9.17) is 27.9 Å². The van der Waals surface area contributed by atoms with E-state index in [9.17, 15) is 4.79 Å². The van der Waals surface area contributed by atoms with Gasteiger partial charge in [-0.3, -0.25) is 4.79 Å². The lowest BCUT2D eigenvalue weighted by Crippen LogP contribution is -2.53. The van der Waals surface area contributed by atoms with Gasteiger partial charge in [0.1, 0.15) is 6.10 Å². The SMILES string of the molecule is CCCOC1CC(=O)C1(Cl)Cl. The Labute approximate surface area is 75.8 Å². The van der Waals surface area contributed by atoms with Crippen LogP contribution in [0.5, 0.6) is 0 Å². The number of ether oxygens (including phenoxy) is 1. The molecule has 1 saturated carbocycles. The van der Waals surface area contributed by atoms with Crippen molar-refractivity contribution in [1.29, 1.82) is 0 Å². The molecule has 2 nitrogen and oxygen atoms in total. The van der Waals surface area contributed by atoms with Crippen LogP contribution in [0.15, 0.2) is 0 Å². The molecular formula is C7H10Cl2O2. The summed E-state index contributed by atoms with van der Waals surface area (Å²) in [5.74, 6) is -0.137. The molecule has 0 bridgehead atoms. The molecule has 0 radical (unpaired) electrons.